The molecule has 2 atom stereocenters. The second-order valence-electron chi connectivity index (χ2n) is 10.7. The Morgan fingerprint density at radius 3 is 1.31 bits per heavy atom. The average molecular weight is 643 g/mol. The summed E-state index contributed by atoms with van der Waals surface area (Å²) in [6.45, 7) is 12.6. The molecule has 4 N–H and O–H groups in total. The van der Waals surface area contributed by atoms with Gasteiger partial charge in [0, 0.05) is 24.3 Å². The van der Waals surface area contributed by atoms with Crippen molar-refractivity contribution in [3.63, 3.8) is 0 Å². The number of ketones is 1. The molecule has 0 spiro atoms. The zero-order chi connectivity index (χ0) is 33.5. The van der Waals surface area contributed by atoms with Crippen LogP contribution in [0.1, 0.15) is 80.6 Å². The molecule has 0 radical (unpaired) electrons. The number of rotatable bonds is 14. The highest BCUT2D eigenvalue weighted by Gasteiger charge is 2.28. The fraction of sp³-hybridized carbons (Fsp3) is 0.778. The minimum Gasteiger partial charge on any atom is -0.481 e. The van der Waals surface area contributed by atoms with Crippen molar-refractivity contribution < 1.29 is 53.2 Å². The maximum absolute atomic E-state index is 12.1. The van der Waals surface area contributed by atoms with Crippen LogP contribution >= 0.6 is 23.5 Å². The van der Waals surface area contributed by atoms with Crippen LogP contribution in [0.2, 0.25) is 0 Å². The van der Waals surface area contributed by atoms with Gasteiger partial charge in [0.2, 0.25) is 0 Å². The number of amides is 2. The largest absolute Gasteiger partial charge is 0.481 e. The van der Waals surface area contributed by atoms with E-state index in [4.69, 9.17) is 19.7 Å². The molecule has 246 valence electrons. The summed E-state index contributed by atoms with van der Waals surface area (Å²) in [5.74, 6) is -1.06. The number of carbonyl (C=O) groups is 6. The van der Waals surface area contributed by atoms with Gasteiger partial charge in [-0.05, 0) is 54.1 Å². The molecule has 2 unspecified atom stereocenters. The van der Waals surface area contributed by atoms with Gasteiger partial charge in [0.25, 0.3) is 0 Å². The zero-order valence-corrected chi connectivity index (χ0v) is 28.1. The monoisotopic (exact) mass is 642 g/mol. The highest BCUT2D eigenvalue weighted by atomic mass is 32.2. The molecule has 0 fully saturated rings. The quantitative estimate of drug-likeness (QED) is 0.154. The van der Waals surface area contributed by atoms with Crippen molar-refractivity contribution in [2.24, 2.45) is 0 Å². The maximum Gasteiger partial charge on any atom is 0.407 e. The first-order valence-electron chi connectivity index (χ1n) is 13.2. The standard InChI is InChI=1S/C16H32N2O4S2.C6H10O3.C5H8O4/c1-15(2,3)21-13(19)17-11(9-23-7)12(10-24-8)18-14(20)22-16(4,5)6;1-2-5(7)3-4-6(8)9;1-9-5(8)3-2-4(6)7/h11-12H,9-10H2,1-8H3,(H,17,19)(H,18,20);2-4H2,1H3,(H,8,9);2-3H2,1H3,(H,6,7). The SMILES string of the molecule is CCC(=O)CCC(=O)O.COC(=O)CCC(=O)O.CSCC(NC(=O)OC(C)(C)C)C(CSC)NC(=O)OC(C)(C)C. The Balaban J connectivity index is -0.000000687. The first-order valence-corrected chi connectivity index (χ1v) is 16.0. The summed E-state index contributed by atoms with van der Waals surface area (Å²) in [7, 11) is 1.23. The van der Waals surface area contributed by atoms with Crippen LogP contribution < -0.4 is 10.6 Å². The summed E-state index contributed by atoms with van der Waals surface area (Å²) in [5.41, 5.74) is -1.14. The molecule has 0 aliphatic carbocycles. The van der Waals surface area contributed by atoms with Crippen molar-refractivity contribution in [2.75, 3.05) is 31.1 Å². The minimum atomic E-state index is -0.986. The molecular weight excluding hydrogens is 592 g/mol. The van der Waals surface area contributed by atoms with Gasteiger partial charge in [-0.1, -0.05) is 6.92 Å². The van der Waals surface area contributed by atoms with Crippen LogP contribution in [0.3, 0.4) is 0 Å². The number of hydrogen-bond acceptors (Lipinski definition) is 11. The first kappa shape index (κ1) is 43.8. The third kappa shape index (κ3) is 31.8. The molecule has 0 aliphatic heterocycles. The molecule has 2 amide bonds. The summed E-state index contributed by atoms with van der Waals surface area (Å²) in [6.07, 6.45) is 3.29. The summed E-state index contributed by atoms with van der Waals surface area (Å²) in [6, 6.07) is -0.510. The molecule has 0 bridgehead atoms. The van der Waals surface area contributed by atoms with Gasteiger partial charge in [0.05, 0.1) is 38.5 Å². The fourth-order valence-electron chi connectivity index (χ4n) is 2.53. The van der Waals surface area contributed by atoms with Crippen LogP contribution in [0.4, 0.5) is 9.59 Å². The number of aliphatic carboxylic acids is 2. The molecule has 13 nitrogen and oxygen atoms in total. The highest BCUT2D eigenvalue weighted by molar-refractivity contribution is 7.99. The minimum absolute atomic E-state index is 0.0115. The second-order valence-corrected chi connectivity index (χ2v) is 12.5. The van der Waals surface area contributed by atoms with E-state index >= 15 is 0 Å². The van der Waals surface area contributed by atoms with Gasteiger partial charge in [0.1, 0.15) is 17.0 Å². The zero-order valence-electron chi connectivity index (χ0n) is 26.5. The summed E-state index contributed by atoms with van der Waals surface area (Å²) in [4.78, 5) is 64.5. The van der Waals surface area contributed by atoms with Crippen LogP contribution in [0.15, 0.2) is 0 Å². The van der Waals surface area contributed by atoms with E-state index in [1.165, 1.54) is 7.11 Å². The van der Waals surface area contributed by atoms with E-state index in [9.17, 15) is 28.8 Å². The lowest BCUT2D eigenvalue weighted by atomic mass is 10.1. The van der Waals surface area contributed by atoms with Crippen molar-refractivity contribution in [3.8, 4) is 0 Å². The van der Waals surface area contributed by atoms with Crippen LogP contribution in [0.5, 0.6) is 0 Å². The number of carbonyl (C=O) groups excluding carboxylic acids is 4. The van der Waals surface area contributed by atoms with E-state index < -0.39 is 41.3 Å². The lowest BCUT2D eigenvalue weighted by molar-refractivity contribution is -0.145. The van der Waals surface area contributed by atoms with Crippen molar-refractivity contribution in [1.29, 1.82) is 0 Å². The molecule has 0 aromatic carbocycles. The first-order chi connectivity index (χ1) is 19.2. The molecule has 0 heterocycles. The Morgan fingerprint density at radius 2 is 1.05 bits per heavy atom. The summed E-state index contributed by atoms with van der Waals surface area (Å²) in [5, 5.41) is 21.9. The van der Waals surface area contributed by atoms with E-state index in [2.05, 4.69) is 15.4 Å². The Labute approximate surface area is 257 Å². The molecule has 0 aliphatic rings. The van der Waals surface area contributed by atoms with Crippen molar-refractivity contribution in [1.82, 2.24) is 10.6 Å². The molecule has 0 aromatic rings. The maximum atomic E-state index is 12.1. The number of carboxylic acids is 2. The van der Waals surface area contributed by atoms with E-state index in [0.29, 0.717) is 17.9 Å². The number of esters is 1. The molecular formula is C27H50N2O11S2. The Bertz CT molecular complexity index is 773. The molecule has 0 saturated carbocycles. The lowest BCUT2D eigenvalue weighted by Crippen LogP contribution is -2.55. The third-order valence-corrected chi connectivity index (χ3v) is 5.75. The molecule has 0 saturated heterocycles. The number of carboxylic acid groups (broad SMARTS) is 2. The van der Waals surface area contributed by atoms with Crippen molar-refractivity contribution in [3.05, 3.63) is 0 Å². The average Bonchev–Trinajstić information content (AvgIpc) is 2.83. The van der Waals surface area contributed by atoms with E-state index in [-0.39, 0.29) is 43.6 Å². The highest BCUT2D eigenvalue weighted by Crippen LogP contribution is 2.13. The number of hydrogen-bond donors (Lipinski definition) is 4. The van der Waals surface area contributed by atoms with Crippen molar-refractivity contribution >= 4 is 59.4 Å². The van der Waals surface area contributed by atoms with Gasteiger partial charge in [-0.3, -0.25) is 19.2 Å². The summed E-state index contributed by atoms with van der Waals surface area (Å²) >= 11 is 3.18. The summed E-state index contributed by atoms with van der Waals surface area (Å²) < 4.78 is 14.8. The molecule has 0 rings (SSSR count). The number of methoxy groups -OCH3 is 1. The number of nitrogens with one attached hydrogen (secondary N) is 2. The van der Waals surface area contributed by atoms with Crippen molar-refractivity contribution in [2.45, 2.75) is 104 Å². The number of ether oxygens (including phenoxy) is 3. The molecule has 0 aromatic heterocycles. The number of thioether (sulfide) groups is 2. The van der Waals surface area contributed by atoms with Gasteiger partial charge in [-0.2, -0.15) is 23.5 Å². The Hall–Kier alpha value is -2.68. The van der Waals surface area contributed by atoms with Crippen LogP contribution in [0.25, 0.3) is 0 Å². The van der Waals surface area contributed by atoms with Gasteiger partial charge in [-0.15, -0.1) is 0 Å². The normalized spacial score (nSPS) is 12.0. The van der Waals surface area contributed by atoms with Crippen LogP contribution in [-0.2, 0) is 33.4 Å². The topological polar surface area (TPSA) is 195 Å². The van der Waals surface area contributed by atoms with Gasteiger partial charge < -0.3 is 35.1 Å². The van der Waals surface area contributed by atoms with Gasteiger partial charge in [-0.25, -0.2) is 9.59 Å². The fourth-order valence-corrected chi connectivity index (χ4v) is 3.88. The van der Waals surface area contributed by atoms with Crippen LogP contribution in [-0.4, -0.2) is 101 Å². The predicted molar refractivity (Wildman–Crippen MR) is 164 cm³/mol. The Kier molecular flexibility index (Phi) is 24.8. The smallest absolute Gasteiger partial charge is 0.407 e. The van der Waals surface area contributed by atoms with Gasteiger partial charge >= 0.3 is 30.1 Å². The predicted octanol–water partition coefficient (Wildman–Crippen LogP) is 4.35. The Morgan fingerprint density at radius 1 is 0.690 bits per heavy atom. The number of Topliss-reactive ketones (excluding diaryl/α,β-unsaturated/α-hetero) is 1. The second kappa shape index (κ2) is 23.8. The van der Waals surface area contributed by atoms with E-state index in [1.54, 1.807) is 30.4 Å². The van der Waals surface area contributed by atoms with Gasteiger partial charge in [0.15, 0.2) is 0 Å². The molecule has 15 heteroatoms. The molecule has 42 heavy (non-hydrogen) atoms. The van der Waals surface area contributed by atoms with Crippen LogP contribution in [0, 0.1) is 0 Å². The lowest BCUT2D eigenvalue weighted by Gasteiger charge is -2.30. The van der Waals surface area contributed by atoms with E-state index in [0.717, 1.165) is 0 Å². The van der Waals surface area contributed by atoms with E-state index in [1.807, 2.05) is 54.1 Å². The third-order valence-electron chi connectivity index (χ3n) is 4.37. The number of alkyl carbamates (subject to hydrolysis) is 2.